The van der Waals surface area contributed by atoms with Crippen LogP contribution in [-0.4, -0.2) is 36.7 Å². The van der Waals surface area contributed by atoms with E-state index in [9.17, 15) is 18.3 Å². The number of halogens is 3. The van der Waals surface area contributed by atoms with Crippen LogP contribution in [-0.2, 0) is 10.9 Å². The molecule has 0 unspecified atom stereocenters. The molecular formula is C21H18F3N3O3. The van der Waals surface area contributed by atoms with Crippen molar-refractivity contribution in [3.05, 3.63) is 65.0 Å². The predicted octanol–water partition coefficient (Wildman–Crippen LogP) is 4.12. The Morgan fingerprint density at radius 2 is 2.03 bits per heavy atom. The summed E-state index contributed by atoms with van der Waals surface area (Å²) in [5.41, 5.74) is -0.841. The van der Waals surface area contributed by atoms with E-state index in [-0.39, 0.29) is 18.8 Å². The van der Waals surface area contributed by atoms with Crippen LogP contribution in [0.5, 0.6) is 5.75 Å². The largest absolute Gasteiger partial charge is 0.491 e. The van der Waals surface area contributed by atoms with E-state index >= 15 is 0 Å². The zero-order valence-corrected chi connectivity index (χ0v) is 15.9. The van der Waals surface area contributed by atoms with Crippen LogP contribution in [0.1, 0.15) is 18.1 Å². The average molecular weight is 417 g/mol. The lowest BCUT2D eigenvalue weighted by Crippen LogP contribution is -2.38. The molecule has 0 aliphatic carbocycles. The van der Waals surface area contributed by atoms with Crippen LogP contribution in [0.25, 0.3) is 4.85 Å². The number of benzene rings is 2. The molecule has 156 valence electrons. The summed E-state index contributed by atoms with van der Waals surface area (Å²) in [6.45, 7) is 8.73. The summed E-state index contributed by atoms with van der Waals surface area (Å²) >= 11 is 0. The number of ether oxygens (including phenoxy) is 2. The number of hydrogen-bond acceptors (Lipinski definition) is 5. The second kappa shape index (κ2) is 8.62. The lowest BCUT2D eigenvalue weighted by molar-refractivity contribution is -0.137. The Balaban J connectivity index is 1.78. The predicted molar refractivity (Wildman–Crippen MR) is 102 cm³/mol. The van der Waals surface area contributed by atoms with E-state index in [0.29, 0.717) is 11.4 Å². The van der Waals surface area contributed by atoms with E-state index < -0.39 is 35.7 Å². The van der Waals surface area contributed by atoms with Gasteiger partial charge in [-0.25, -0.2) is 4.85 Å². The first-order valence-corrected chi connectivity index (χ1v) is 9.04. The fraction of sp³-hybridized carbons (Fsp3) is 0.333. The molecule has 1 N–H and O–H groups in total. The van der Waals surface area contributed by atoms with Gasteiger partial charge in [0.1, 0.15) is 18.5 Å². The molecule has 1 aliphatic rings. The summed E-state index contributed by atoms with van der Waals surface area (Å²) in [5, 5.41) is 19.0. The summed E-state index contributed by atoms with van der Waals surface area (Å²) in [5.74, 6) is 0.524. The summed E-state index contributed by atoms with van der Waals surface area (Å²) in [6, 6.07) is 11.5. The summed E-state index contributed by atoms with van der Waals surface area (Å²) in [7, 11) is 0. The third kappa shape index (κ3) is 4.65. The van der Waals surface area contributed by atoms with Crippen molar-refractivity contribution in [2.75, 3.05) is 18.1 Å². The molecule has 30 heavy (non-hydrogen) atoms. The summed E-state index contributed by atoms with van der Waals surface area (Å²) < 4.78 is 51.4. The topological polar surface area (TPSA) is 70.1 Å². The Morgan fingerprint density at radius 3 is 2.60 bits per heavy atom. The van der Waals surface area contributed by atoms with Gasteiger partial charge < -0.3 is 19.5 Å². The Kier molecular flexibility index (Phi) is 6.16. The van der Waals surface area contributed by atoms with E-state index in [1.165, 1.54) is 17.9 Å². The smallest absolute Gasteiger partial charge is 0.417 e. The lowest BCUT2D eigenvalue weighted by Gasteiger charge is -2.27. The zero-order chi connectivity index (χ0) is 21.9. The fourth-order valence-corrected chi connectivity index (χ4v) is 3.20. The number of nitrogens with zero attached hydrogens (tertiary/aromatic N) is 3. The highest BCUT2D eigenvalue weighted by atomic mass is 19.4. The van der Waals surface area contributed by atoms with Crippen molar-refractivity contribution in [3.63, 3.8) is 0 Å². The fourth-order valence-electron chi connectivity index (χ4n) is 3.20. The van der Waals surface area contributed by atoms with Crippen molar-refractivity contribution < 1.29 is 27.8 Å². The second-order valence-electron chi connectivity index (χ2n) is 6.80. The molecule has 0 amide bonds. The highest BCUT2D eigenvalue weighted by Gasteiger charge is 2.39. The Bertz CT molecular complexity index is 978. The molecule has 1 fully saturated rings. The van der Waals surface area contributed by atoms with Gasteiger partial charge in [-0.1, -0.05) is 12.1 Å². The van der Waals surface area contributed by atoms with Crippen molar-refractivity contribution in [2.24, 2.45) is 0 Å². The maximum Gasteiger partial charge on any atom is 0.417 e. The maximum absolute atomic E-state index is 13.3. The molecule has 2 aromatic rings. The summed E-state index contributed by atoms with van der Waals surface area (Å²) in [6.07, 6.45) is -7.02. The van der Waals surface area contributed by atoms with Gasteiger partial charge in [-0.05, 0) is 37.3 Å². The van der Waals surface area contributed by atoms with Crippen LogP contribution in [0.4, 0.5) is 24.5 Å². The molecule has 3 atom stereocenters. The first-order valence-electron chi connectivity index (χ1n) is 9.04. The van der Waals surface area contributed by atoms with Gasteiger partial charge in [-0.3, -0.25) is 0 Å². The third-order valence-corrected chi connectivity index (χ3v) is 4.61. The minimum atomic E-state index is -4.68. The Hall–Kier alpha value is -3.27. The number of hydrogen-bond donors (Lipinski definition) is 1. The molecule has 0 bridgehead atoms. The first kappa shape index (κ1) is 21.4. The van der Waals surface area contributed by atoms with E-state index in [2.05, 4.69) is 4.85 Å². The third-order valence-electron chi connectivity index (χ3n) is 4.61. The van der Waals surface area contributed by atoms with Crippen LogP contribution < -0.4 is 9.64 Å². The Morgan fingerprint density at radius 1 is 1.33 bits per heavy atom. The van der Waals surface area contributed by atoms with Crippen LogP contribution in [0.2, 0.25) is 0 Å². The van der Waals surface area contributed by atoms with E-state index in [0.717, 1.165) is 12.1 Å². The maximum atomic E-state index is 13.3. The molecule has 1 heterocycles. The van der Waals surface area contributed by atoms with E-state index in [1.54, 1.807) is 30.3 Å². The quantitative estimate of drug-likeness (QED) is 0.742. The lowest BCUT2D eigenvalue weighted by atomic mass is 10.1. The van der Waals surface area contributed by atoms with Gasteiger partial charge in [-0.15, -0.1) is 0 Å². The number of aliphatic hydroxyl groups excluding tert-OH is 1. The molecule has 6 nitrogen and oxygen atoms in total. The number of anilines is 1. The number of aliphatic hydroxyl groups is 1. The van der Waals surface area contributed by atoms with Crippen LogP contribution in [0.15, 0.2) is 42.5 Å². The van der Waals surface area contributed by atoms with Crippen LogP contribution in [0, 0.1) is 17.9 Å². The highest BCUT2D eigenvalue weighted by Crippen LogP contribution is 2.36. The number of alkyl halides is 3. The van der Waals surface area contributed by atoms with Crippen molar-refractivity contribution in [1.82, 2.24) is 0 Å². The SMILES string of the molecule is [C-]#[N+]c1ccc(OC[C@@H]2CN(c3ccc(C#N)c(C(F)(F)F)c3)[C@@H]([C@H](C)O)O2)cc1. The molecule has 3 rings (SSSR count). The van der Waals surface area contributed by atoms with Gasteiger partial charge >= 0.3 is 6.18 Å². The first-order chi connectivity index (χ1) is 14.2. The molecular weight excluding hydrogens is 399 g/mol. The molecule has 9 heteroatoms. The molecule has 2 aromatic carbocycles. The van der Waals surface area contributed by atoms with Gasteiger partial charge in [0.05, 0.1) is 36.4 Å². The van der Waals surface area contributed by atoms with Crippen molar-refractivity contribution in [2.45, 2.75) is 31.5 Å². The van der Waals surface area contributed by atoms with Gasteiger partial charge in [0, 0.05) is 5.69 Å². The molecule has 1 aliphatic heterocycles. The van der Waals surface area contributed by atoms with Gasteiger partial charge in [0.15, 0.2) is 11.9 Å². The molecule has 0 radical (unpaired) electrons. The molecule has 0 saturated carbocycles. The van der Waals surface area contributed by atoms with E-state index in [4.69, 9.17) is 21.3 Å². The minimum Gasteiger partial charge on any atom is -0.491 e. The standard InChI is InChI=1S/C21H18F3N3O3/c1-13(28)20-27(16-6-3-14(10-25)19(9-16)21(22,23)24)11-18(30-20)12-29-17-7-4-15(26-2)5-8-17/h3-9,13,18,20,28H,11-12H2,1H3/t13-,18-,20+/m0/s1. The van der Waals surface area contributed by atoms with Crippen molar-refractivity contribution in [3.8, 4) is 11.8 Å². The van der Waals surface area contributed by atoms with Gasteiger partial charge in [-0.2, -0.15) is 18.4 Å². The van der Waals surface area contributed by atoms with Crippen molar-refractivity contribution in [1.29, 1.82) is 5.26 Å². The molecule has 1 saturated heterocycles. The Labute approximate surface area is 171 Å². The average Bonchev–Trinajstić information content (AvgIpc) is 3.16. The van der Waals surface area contributed by atoms with Crippen LogP contribution in [0.3, 0.4) is 0 Å². The van der Waals surface area contributed by atoms with Gasteiger partial charge in [0.2, 0.25) is 0 Å². The minimum absolute atomic E-state index is 0.111. The van der Waals surface area contributed by atoms with E-state index in [1.807, 2.05) is 0 Å². The highest BCUT2D eigenvalue weighted by molar-refractivity contribution is 5.56. The summed E-state index contributed by atoms with van der Waals surface area (Å²) in [4.78, 5) is 4.82. The number of nitriles is 1. The monoisotopic (exact) mass is 417 g/mol. The number of rotatable bonds is 5. The molecule has 0 aromatic heterocycles. The second-order valence-corrected chi connectivity index (χ2v) is 6.80. The van der Waals surface area contributed by atoms with Gasteiger partial charge in [0.25, 0.3) is 0 Å². The van der Waals surface area contributed by atoms with Crippen LogP contribution >= 0.6 is 0 Å². The zero-order valence-electron chi connectivity index (χ0n) is 15.9. The van der Waals surface area contributed by atoms with Crippen molar-refractivity contribution >= 4 is 11.4 Å². The normalized spacial score (nSPS) is 19.8. The molecule has 0 spiro atoms.